The maximum Gasteiger partial charge on any atom is 0.319 e. The first kappa shape index (κ1) is 12.7. The zero-order valence-electron chi connectivity index (χ0n) is 8.96. The summed E-state index contributed by atoms with van der Waals surface area (Å²) in [6, 6.07) is 8.85. The number of hydrogen-bond donors (Lipinski definition) is 0. The van der Waals surface area contributed by atoms with E-state index >= 15 is 0 Å². The third-order valence-corrected chi connectivity index (χ3v) is 4.08. The molecule has 1 unspecified atom stereocenters. The highest BCUT2D eigenvalue weighted by Crippen LogP contribution is 2.50. The van der Waals surface area contributed by atoms with Crippen LogP contribution in [-0.4, -0.2) is 16.5 Å². The number of benzene rings is 1. The summed E-state index contributed by atoms with van der Waals surface area (Å²) in [4.78, 5) is 11.6. The van der Waals surface area contributed by atoms with Crippen molar-refractivity contribution in [1.82, 2.24) is 0 Å². The molecule has 1 aromatic carbocycles. The lowest BCUT2D eigenvalue weighted by Crippen LogP contribution is -2.42. The van der Waals surface area contributed by atoms with Gasteiger partial charge in [0.1, 0.15) is 5.41 Å². The van der Waals surface area contributed by atoms with Gasteiger partial charge in [-0.2, -0.15) is 8.78 Å². The number of carbonyl (C=O) groups excluding carboxylic acids is 1. The maximum absolute atomic E-state index is 13.7. The Morgan fingerprint density at radius 3 is 2.47 bits per heavy atom. The van der Waals surface area contributed by atoms with Crippen LogP contribution < -0.4 is 0 Å². The van der Waals surface area contributed by atoms with Crippen molar-refractivity contribution in [2.75, 3.05) is 6.61 Å². The third-order valence-electron chi connectivity index (χ3n) is 3.04. The van der Waals surface area contributed by atoms with Crippen LogP contribution in [-0.2, 0) is 16.0 Å². The molecule has 1 aromatic rings. The Kier molecular flexibility index (Phi) is 3.38. The lowest BCUT2D eigenvalue weighted by molar-refractivity contribution is -0.155. The monoisotopic (exact) mass is 352 g/mol. The number of hydrogen-bond acceptors (Lipinski definition) is 2. The minimum absolute atomic E-state index is 0.0165. The zero-order valence-corrected chi connectivity index (χ0v) is 11.1. The second-order valence-electron chi connectivity index (χ2n) is 4.13. The van der Waals surface area contributed by atoms with Gasteiger partial charge >= 0.3 is 9.90 Å². The van der Waals surface area contributed by atoms with Gasteiger partial charge in [-0.1, -0.05) is 30.3 Å². The van der Waals surface area contributed by atoms with Gasteiger partial charge in [0.25, 0.3) is 0 Å². The van der Waals surface area contributed by atoms with Crippen molar-refractivity contribution in [3.63, 3.8) is 0 Å². The summed E-state index contributed by atoms with van der Waals surface area (Å²) >= 11 is 1.04. The molecular weight excluding hydrogens is 341 g/mol. The van der Waals surface area contributed by atoms with Gasteiger partial charge in [-0.15, -0.1) is 0 Å². The minimum atomic E-state index is -3.10. The molecule has 0 spiro atoms. The molecule has 2 rings (SSSR count). The molecule has 0 N–H and O–H groups in total. The molecule has 1 saturated heterocycles. The molecule has 1 heterocycles. The van der Waals surface area contributed by atoms with Gasteiger partial charge in [0, 0.05) is 6.42 Å². The molecule has 1 aliphatic rings. The SMILES string of the molecule is O=C1OCCC1(Cc1ccccc1)C(F)(F)I. The summed E-state index contributed by atoms with van der Waals surface area (Å²) in [5.74, 6) is -0.791. The van der Waals surface area contributed by atoms with Crippen LogP contribution in [0.3, 0.4) is 0 Å². The molecule has 0 aliphatic carbocycles. The largest absolute Gasteiger partial charge is 0.465 e. The lowest BCUT2D eigenvalue weighted by atomic mass is 9.80. The topological polar surface area (TPSA) is 26.3 Å². The standard InChI is InChI=1S/C12H11F2IO2/c13-12(14,15)11(6-7-17-10(11)16)8-9-4-2-1-3-5-9/h1-5H,6-8H2. The van der Waals surface area contributed by atoms with Gasteiger partial charge in [-0.3, -0.25) is 4.79 Å². The molecule has 0 amide bonds. The Bertz CT molecular complexity index is 416. The first-order valence-electron chi connectivity index (χ1n) is 5.24. The third kappa shape index (κ3) is 2.29. The molecule has 92 valence electrons. The first-order chi connectivity index (χ1) is 7.96. The van der Waals surface area contributed by atoms with Crippen LogP contribution in [0.15, 0.2) is 30.3 Å². The second kappa shape index (κ2) is 4.51. The van der Waals surface area contributed by atoms with Crippen molar-refractivity contribution < 1.29 is 18.3 Å². The summed E-state index contributed by atoms with van der Waals surface area (Å²) in [5, 5.41) is 0. The van der Waals surface area contributed by atoms with Crippen molar-refractivity contribution >= 4 is 28.6 Å². The summed E-state index contributed by atoms with van der Waals surface area (Å²) in [7, 11) is 0. The van der Waals surface area contributed by atoms with Crippen molar-refractivity contribution in [3.05, 3.63) is 35.9 Å². The van der Waals surface area contributed by atoms with Crippen LogP contribution in [0.25, 0.3) is 0 Å². The Balaban J connectivity index is 2.33. The van der Waals surface area contributed by atoms with E-state index in [1.807, 2.05) is 6.07 Å². The van der Waals surface area contributed by atoms with Crippen LogP contribution in [0, 0.1) is 5.41 Å². The van der Waals surface area contributed by atoms with E-state index in [0.717, 1.165) is 28.2 Å². The Hall–Kier alpha value is -0.720. The van der Waals surface area contributed by atoms with E-state index in [4.69, 9.17) is 4.74 Å². The van der Waals surface area contributed by atoms with Gasteiger partial charge in [0.2, 0.25) is 0 Å². The smallest absolute Gasteiger partial charge is 0.319 e. The highest BCUT2D eigenvalue weighted by molar-refractivity contribution is 14.1. The zero-order chi connectivity index (χ0) is 12.5. The molecule has 0 aromatic heterocycles. The van der Waals surface area contributed by atoms with E-state index in [2.05, 4.69) is 0 Å². The Morgan fingerprint density at radius 1 is 1.35 bits per heavy atom. The molecule has 0 bridgehead atoms. The maximum atomic E-state index is 13.7. The predicted octanol–water partition coefficient (Wildman–Crippen LogP) is 3.19. The fraction of sp³-hybridized carbons (Fsp3) is 0.417. The van der Waals surface area contributed by atoms with E-state index < -0.39 is 15.3 Å². The summed E-state index contributed by atoms with van der Waals surface area (Å²) in [6.07, 6.45) is 0.0826. The Morgan fingerprint density at radius 2 is 2.00 bits per heavy atom. The van der Waals surface area contributed by atoms with Crippen molar-refractivity contribution in [2.24, 2.45) is 5.41 Å². The van der Waals surface area contributed by atoms with E-state index in [-0.39, 0.29) is 19.4 Å². The summed E-state index contributed by atoms with van der Waals surface area (Å²) in [6.45, 7) is 0.0737. The average molecular weight is 352 g/mol. The fourth-order valence-electron chi connectivity index (χ4n) is 2.02. The highest BCUT2D eigenvalue weighted by atomic mass is 127. The first-order valence-corrected chi connectivity index (χ1v) is 6.31. The normalized spacial score (nSPS) is 24.8. The number of cyclic esters (lactones) is 1. The van der Waals surface area contributed by atoms with Crippen molar-refractivity contribution in [1.29, 1.82) is 0 Å². The van der Waals surface area contributed by atoms with Gasteiger partial charge in [0.15, 0.2) is 0 Å². The van der Waals surface area contributed by atoms with Crippen molar-refractivity contribution in [2.45, 2.75) is 16.8 Å². The summed E-state index contributed by atoms with van der Waals surface area (Å²) < 4.78 is 29.0. The highest BCUT2D eigenvalue weighted by Gasteiger charge is 2.60. The molecule has 0 saturated carbocycles. The van der Waals surface area contributed by atoms with Crippen LogP contribution in [0.4, 0.5) is 8.78 Å². The summed E-state index contributed by atoms with van der Waals surface area (Å²) in [5.41, 5.74) is -0.989. The van der Waals surface area contributed by atoms with Crippen LogP contribution in [0.2, 0.25) is 0 Å². The van der Waals surface area contributed by atoms with Gasteiger partial charge in [-0.25, -0.2) is 0 Å². The van der Waals surface area contributed by atoms with Gasteiger partial charge in [0.05, 0.1) is 6.61 Å². The van der Waals surface area contributed by atoms with E-state index in [0.29, 0.717) is 0 Å². The number of halogens is 3. The number of ether oxygens (including phenoxy) is 1. The van der Waals surface area contributed by atoms with E-state index in [1.54, 1.807) is 24.3 Å². The molecule has 5 heteroatoms. The van der Waals surface area contributed by atoms with E-state index in [1.165, 1.54) is 0 Å². The van der Waals surface area contributed by atoms with E-state index in [9.17, 15) is 13.6 Å². The van der Waals surface area contributed by atoms with Gasteiger partial charge < -0.3 is 4.74 Å². The number of alkyl halides is 3. The second-order valence-corrected chi connectivity index (χ2v) is 5.48. The molecule has 1 fully saturated rings. The Labute approximate surface area is 111 Å². The molecule has 2 nitrogen and oxygen atoms in total. The number of rotatable bonds is 3. The minimum Gasteiger partial charge on any atom is -0.465 e. The van der Waals surface area contributed by atoms with Gasteiger partial charge in [-0.05, 0) is 34.6 Å². The molecule has 1 atom stereocenters. The number of carbonyl (C=O) groups is 1. The molecule has 1 aliphatic heterocycles. The predicted molar refractivity (Wildman–Crippen MR) is 67.1 cm³/mol. The molecule has 17 heavy (non-hydrogen) atoms. The van der Waals surface area contributed by atoms with Crippen molar-refractivity contribution in [3.8, 4) is 0 Å². The van der Waals surface area contributed by atoms with Crippen LogP contribution in [0.1, 0.15) is 12.0 Å². The quantitative estimate of drug-likeness (QED) is 0.475. The number of esters is 1. The molecule has 0 radical (unpaired) electrons. The van der Waals surface area contributed by atoms with Crippen LogP contribution >= 0.6 is 22.6 Å². The lowest BCUT2D eigenvalue weighted by Gasteiger charge is -2.29. The fourth-order valence-corrected chi connectivity index (χ4v) is 2.70. The molecular formula is C12H11F2IO2. The average Bonchev–Trinajstić information content (AvgIpc) is 2.62. The van der Waals surface area contributed by atoms with Crippen LogP contribution in [0.5, 0.6) is 0 Å².